The number of hydrogen-bond donors (Lipinski definition) is 1. The fourth-order valence-corrected chi connectivity index (χ4v) is 3.89. The minimum Gasteiger partial charge on any atom is -0.441 e. The summed E-state index contributed by atoms with van der Waals surface area (Å²) < 4.78 is 5.92. The number of nitrogens with zero attached hydrogens (tertiary/aromatic N) is 3. The first kappa shape index (κ1) is 20.3. The summed E-state index contributed by atoms with van der Waals surface area (Å²) in [6.07, 6.45) is 1.48. The SMILES string of the molecule is Cc1cccc(N2C(=O)/C(=C\c3ccc(N4CCN(C)CC4)o3)C(=O)NC2=S)c1C. The van der Waals surface area contributed by atoms with Gasteiger partial charge < -0.3 is 14.2 Å². The lowest BCUT2D eigenvalue weighted by Crippen LogP contribution is -2.54. The summed E-state index contributed by atoms with van der Waals surface area (Å²) in [5.74, 6) is 0.204. The zero-order chi connectivity index (χ0) is 21.4. The van der Waals surface area contributed by atoms with Gasteiger partial charge in [0.25, 0.3) is 11.8 Å². The van der Waals surface area contributed by atoms with Crippen LogP contribution in [0.3, 0.4) is 0 Å². The van der Waals surface area contributed by atoms with Crippen LogP contribution in [-0.4, -0.2) is 55.1 Å². The zero-order valence-electron chi connectivity index (χ0n) is 17.3. The zero-order valence-corrected chi connectivity index (χ0v) is 18.1. The standard InChI is InChI=1S/C22H24N4O3S/c1-14-5-4-6-18(15(14)2)26-21(28)17(20(27)23-22(26)30)13-16-7-8-19(29-16)25-11-9-24(3)10-12-25/h4-8,13H,9-12H2,1-3H3,(H,23,27,30)/b17-13-. The minimum atomic E-state index is -0.524. The minimum absolute atomic E-state index is 0.0104. The molecule has 2 aliphatic heterocycles. The normalized spacial score (nSPS) is 19.6. The summed E-state index contributed by atoms with van der Waals surface area (Å²) in [5, 5.41) is 2.70. The maximum absolute atomic E-state index is 13.2. The second-order valence-corrected chi connectivity index (χ2v) is 8.03. The highest BCUT2D eigenvalue weighted by Crippen LogP contribution is 2.28. The van der Waals surface area contributed by atoms with Gasteiger partial charge in [0.1, 0.15) is 11.3 Å². The lowest BCUT2D eigenvalue weighted by molar-refractivity contribution is -0.122. The van der Waals surface area contributed by atoms with Crippen LogP contribution in [0.2, 0.25) is 0 Å². The van der Waals surface area contributed by atoms with Crippen LogP contribution >= 0.6 is 12.2 Å². The van der Waals surface area contributed by atoms with Crippen molar-refractivity contribution in [3.05, 3.63) is 52.8 Å². The summed E-state index contributed by atoms with van der Waals surface area (Å²) in [4.78, 5) is 31.5. The second kappa shape index (κ2) is 8.04. The van der Waals surface area contributed by atoms with E-state index in [9.17, 15) is 9.59 Å². The van der Waals surface area contributed by atoms with Gasteiger partial charge in [-0.15, -0.1) is 0 Å². The molecule has 0 atom stereocenters. The number of rotatable bonds is 3. The van der Waals surface area contributed by atoms with E-state index in [1.165, 1.54) is 11.0 Å². The van der Waals surface area contributed by atoms with Crippen LogP contribution in [0.4, 0.5) is 11.6 Å². The molecule has 8 heteroatoms. The van der Waals surface area contributed by atoms with Crippen molar-refractivity contribution in [3.63, 3.8) is 0 Å². The molecule has 1 aromatic carbocycles. The molecule has 2 saturated heterocycles. The molecule has 156 valence electrons. The lowest BCUT2D eigenvalue weighted by atomic mass is 10.0. The molecule has 0 spiro atoms. The molecular formula is C22H24N4O3S. The Morgan fingerprint density at radius 2 is 1.80 bits per heavy atom. The molecule has 0 saturated carbocycles. The molecule has 2 amide bonds. The molecule has 2 fully saturated rings. The number of hydrogen-bond acceptors (Lipinski definition) is 6. The molecule has 30 heavy (non-hydrogen) atoms. The maximum Gasteiger partial charge on any atom is 0.270 e. The number of piperazine rings is 1. The summed E-state index contributed by atoms with van der Waals surface area (Å²) in [6, 6.07) is 9.29. The van der Waals surface area contributed by atoms with Crippen molar-refractivity contribution >= 4 is 46.8 Å². The average Bonchev–Trinajstić information content (AvgIpc) is 3.17. The van der Waals surface area contributed by atoms with E-state index in [4.69, 9.17) is 16.6 Å². The molecule has 2 aliphatic rings. The van der Waals surface area contributed by atoms with Crippen LogP contribution in [0, 0.1) is 13.8 Å². The Balaban J connectivity index is 1.63. The van der Waals surface area contributed by atoms with Crippen molar-refractivity contribution in [2.45, 2.75) is 13.8 Å². The lowest BCUT2D eigenvalue weighted by Gasteiger charge is -2.32. The third-order valence-electron chi connectivity index (χ3n) is 5.63. The highest BCUT2D eigenvalue weighted by Gasteiger charge is 2.35. The van der Waals surface area contributed by atoms with Crippen molar-refractivity contribution in [2.75, 3.05) is 43.0 Å². The van der Waals surface area contributed by atoms with Crippen LogP contribution in [0.15, 0.2) is 40.3 Å². The van der Waals surface area contributed by atoms with Gasteiger partial charge in [0.15, 0.2) is 11.0 Å². The molecule has 0 radical (unpaired) electrons. The van der Waals surface area contributed by atoms with Gasteiger partial charge in [-0.25, -0.2) is 0 Å². The number of nitrogens with one attached hydrogen (secondary N) is 1. The van der Waals surface area contributed by atoms with Crippen LogP contribution in [0.1, 0.15) is 16.9 Å². The van der Waals surface area contributed by atoms with Gasteiger partial charge in [-0.05, 0) is 62.4 Å². The van der Waals surface area contributed by atoms with E-state index in [0.29, 0.717) is 11.4 Å². The van der Waals surface area contributed by atoms with E-state index in [2.05, 4.69) is 22.2 Å². The second-order valence-electron chi connectivity index (χ2n) is 7.64. The number of carbonyl (C=O) groups excluding carboxylic acids is 2. The van der Waals surface area contributed by atoms with Gasteiger partial charge in [0.2, 0.25) is 0 Å². The largest absolute Gasteiger partial charge is 0.441 e. The number of amides is 2. The van der Waals surface area contributed by atoms with Crippen LogP contribution in [0.5, 0.6) is 0 Å². The van der Waals surface area contributed by atoms with Crippen molar-refractivity contribution in [1.29, 1.82) is 0 Å². The van der Waals surface area contributed by atoms with Gasteiger partial charge in [-0.1, -0.05) is 12.1 Å². The average molecular weight is 425 g/mol. The van der Waals surface area contributed by atoms with Gasteiger partial charge in [0.05, 0.1) is 5.69 Å². The quantitative estimate of drug-likeness (QED) is 0.464. The molecule has 0 bridgehead atoms. The molecule has 1 N–H and O–H groups in total. The summed E-state index contributed by atoms with van der Waals surface area (Å²) in [5.41, 5.74) is 2.62. The number of benzene rings is 1. The Morgan fingerprint density at radius 1 is 1.07 bits per heavy atom. The molecule has 7 nitrogen and oxygen atoms in total. The van der Waals surface area contributed by atoms with Gasteiger partial charge in [0, 0.05) is 32.2 Å². The van der Waals surface area contributed by atoms with E-state index in [-0.39, 0.29) is 10.7 Å². The van der Waals surface area contributed by atoms with Gasteiger partial charge in [-0.2, -0.15) is 0 Å². The topological polar surface area (TPSA) is 69.0 Å². The van der Waals surface area contributed by atoms with Crippen molar-refractivity contribution < 1.29 is 14.0 Å². The first-order valence-electron chi connectivity index (χ1n) is 9.86. The number of aryl methyl sites for hydroxylation is 1. The molecule has 2 aromatic rings. The maximum atomic E-state index is 13.2. The number of furan rings is 1. The highest BCUT2D eigenvalue weighted by atomic mass is 32.1. The predicted molar refractivity (Wildman–Crippen MR) is 121 cm³/mol. The van der Waals surface area contributed by atoms with E-state index >= 15 is 0 Å². The Kier molecular flexibility index (Phi) is 5.44. The first-order valence-corrected chi connectivity index (χ1v) is 10.3. The molecular weight excluding hydrogens is 400 g/mol. The van der Waals surface area contributed by atoms with E-state index in [0.717, 1.165) is 43.2 Å². The Labute approximate surface area is 180 Å². The van der Waals surface area contributed by atoms with Crippen LogP contribution in [0.25, 0.3) is 6.08 Å². The van der Waals surface area contributed by atoms with Crippen molar-refractivity contribution in [3.8, 4) is 0 Å². The number of carbonyl (C=O) groups is 2. The van der Waals surface area contributed by atoms with E-state index in [1.807, 2.05) is 38.1 Å². The first-order chi connectivity index (χ1) is 14.3. The number of anilines is 2. The monoisotopic (exact) mass is 424 g/mol. The molecule has 0 aliphatic carbocycles. The third-order valence-corrected chi connectivity index (χ3v) is 5.92. The van der Waals surface area contributed by atoms with E-state index in [1.54, 1.807) is 6.07 Å². The van der Waals surface area contributed by atoms with Crippen LogP contribution < -0.4 is 15.1 Å². The Morgan fingerprint density at radius 3 is 2.53 bits per heavy atom. The van der Waals surface area contributed by atoms with Crippen LogP contribution in [-0.2, 0) is 9.59 Å². The fourth-order valence-electron chi connectivity index (χ4n) is 3.61. The Hall–Kier alpha value is -2.97. The predicted octanol–water partition coefficient (Wildman–Crippen LogP) is 2.48. The fraction of sp³-hybridized carbons (Fsp3) is 0.318. The third kappa shape index (κ3) is 3.76. The number of likely N-dealkylation sites (N-methyl/N-ethyl adjacent to an activating group) is 1. The van der Waals surface area contributed by atoms with Crippen molar-refractivity contribution in [2.24, 2.45) is 0 Å². The summed E-state index contributed by atoms with van der Waals surface area (Å²) >= 11 is 5.29. The van der Waals surface area contributed by atoms with Gasteiger partial charge in [-0.3, -0.25) is 19.8 Å². The molecule has 3 heterocycles. The number of thiocarbonyl (C=S) groups is 1. The van der Waals surface area contributed by atoms with E-state index < -0.39 is 11.8 Å². The molecule has 1 aromatic heterocycles. The smallest absolute Gasteiger partial charge is 0.270 e. The molecule has 0 unspecified atom stereocenters. The molecule has 4 rings (SSSR count). The Bertz CT molecular complexity index is 1050. The van der Waals surface area contributed by atoms with Gasteiger partial charge >= 0.3 is 0 Å². The summed E-state index contributed by atoms with van der Waals surface area (Å²) in [7, 11) is 2.09. The highest BCUT2D eigenvalue weighted by molar-refractivity contribution is 7.80. The van der Waals surface area contributed by atoms with Crippen molar-refractivity contribution in [1.82, 2.24) is 10.2 Å². The summed E-state index contributed by atoms with van der Waals surface area (Å²) in [6.45, 7) is 7.55.